The van der Waals surface area contributed by atoms with Crippen molar-refractivity contribution in [1.29, 1.82) is 5.26 Å². The van der Waals surface area contributed by atoms with Gasteiger partial charge in [0.05, 0.1) is 23.9 Å². The molecule has 4 aliphatic rings. The number of halogens is 1. The molecule has 0 radical (unpaired) electrons. The molecule has 0 unspecified atom stereocenters. The molecular weight excluding hydrogens is 389 g/mol. The summed E-state index contributed by atoms with van der Waals surface area (Å²) in [5, 5.41) is 23.9. The van der Waals surface area contributed by atoms with Gasteiger partial charge in [0.2, 0.25) is 0 Å². The van der Waals surface area contributed by atoms with E-state index in [1.165, 1.54) is 24.8 Å². The summed E-state index contributed by atoms with van der Waals surface area (Å²) >= 11 is 0. The molecule has 168 valence electrons. The minimum atomic E-state index is -0.767. The zero-order chi connectivity index (χ0) is 22.0. The lowest BCUT2D eigenvalue weighted by Gasteiger charge is -2.57. The summed E-state index contributed by atoms with van der Waals surface area (Å²) in [7, 11) is 0. The second-order valence-electron chi connectivity index (χ2n) is 11.6. The minimum Gasteiger partial charge on any atom is -0.390 e. The molecule has 4 aliphatic carbocycles. The van der Waals surface area contributed by atoms with Crippen LogP contribution in [0, 0.1) is 52.3 Å². The third kappa shape index (κ3) is 3.46. The van der Waals surface area contributed by atoms with Crippen LogP contribution < -0.4 is 0 Å². The lowest BCUT2D eigenvalue weighted by molar-refractivity contribution is -0.125. The Bertz CT molecular complexity index is 901. The van der Waals surface area contributed by atoms with E-state index in [0.717, 1.165) is 19.3 Å². The van der Waals surface area contributed by atoms with Crippen molar-refractivity contribution in [1.82, 2.24) is 9.78 Å². The molecule has 0 aromatic carbocycles. The van der Waals surface area contributed by atoms with E-state index in [1.807, 2.05) is 11.6 Å². The molecule has 0 spiro atoms. The van der Waals surface area contributed by atoms with Crippen LogP contribution in [0.15, 0.2) is 24.5 Å². The van der Waals surface area contributed by atoms with Gasteiger partial charge in [-0.25, -0.2) is 4.39 Å². The Morgan fingerprint density at radius 1 is 1.23 bits per heavy atom. The van der Waals surface area contributed by atoms with Gasteiger partial charge in [0.15, 0.2) is 0 Å². The van der Waals surface area contributed by atoms with Gasteiger partial charge in [-0.05, 0) is 99.2 Å². The van der Waals surface area contributed by atoms with E-state index in [1.54, 1.807) is 12.4 Å². The van der Waals surface area contributed by atoms with Crippen LogP contribution in [0.4, 0.5) is 4.39 Å². The van der Waals surface area contributed by atoms with Crippen molar-refractivity contribution >= 4 is 0 Å². The van der Waals surface area contributed by atoms with Crippen LogP contribution in [0.2, 0.25) is 0 Å². The summed E-state index contributed by atoms with van der Waals surface area (Å²) in [5.74, 6) is 2.62. The van der Waals surface area contributed by atoms with Gasteiger partial charge < -0.3 is 5.11 Å². The Morgan fingerprint density at radius 2 is 1.97 bits per heavy atom. The van der Waals surface area contributed by atoms with Crippen LogP contribution in [0.25, 0.3) is 0 Å². The number of rotatable bonds is 3. The highest BCUT2D eigenvalue weighted by atomic mass is 19.1. The molecule has 4 saturated carbocycles. The fraction of sp³-hybridized carbons (Fsp3) is 0.769. The van der Waals surface area contributed by atoms with Crippen LogP contribution in [0.5, 0.6) is 0 Å². The lowest BCUT2D eigenvalue weighted by atomic mass is 9.48. The Labute approximate surface area is 185 Å². The summed E-state index contributed by atoms with van der Waals surface area (Å²) in [6.07, 6.45) is 10.5. The van der Waals surface area contributed by atoms with E-state index in [9.17, 15) is 5.11 Å². The number of aromatic nitrogens is 2. The van der Waals surface area contributed by atoms with Gasteiger partial charge in [-0.2, -0.15) is 10.4 Å². The number of hydrogen-bond donors (Lipinski definition) is 1. The smallest absolute Gasteiger partial charge is 0.104 e. The van der Waals surface area contributed by atoms with Crippen molar-refractivity contribution in [2.45, 2.75) is 83.5 Å². The summed E-state index contributed by atoms with van der Waals surface area (Å²) in [6, 6.07) is 2.14. The Balaban J connectivity index is 1.33. The van der Waals surface area contributed by atoms with E-state index >= 15 is 4.39 Å². The summed E-state index contributed by atoms with van der Waals surface area (Å²) in [5.41, 5.74) is 1.29. The van der Waals surface area contributed by atoms with Crippen molar-refractivity contribution in [2.75, 3.05) is 0 Å². The van der Waals surface area contributed by atoms with E-state index in [-0.39, 0.29) is 11.3 Å². The number of nitrogens with zero attached hydrogens (tertiary/aromatic N) is 3. The van der Waals surface area contributed by atoms with Crippen LogP contribution in [0.1, 0.15) is 70.8 Å². The second kappa shape index (κ2) is 7.44. The van der Waals surface area contributed by atoms with E-state index in [0.29, 0.717) is 54.5 Å². The maximum absolute atomic E-state index is 15.4. The van der Waals surface area contributed by atoms with E-state index < -0.39 is 11.8 Å². The quantitative estimate of drug-likeness (QED) is 0.670. The molecule has 4 nitrogen and oxygen atoms in total. The molecule has 1 N–H and O–H groups in total. The third-order valence-corrected chi connectivity index (χ3v) is 9.87. The van der Waals surface area contributed by atoms with Crippen LogP contribution in [-0.4, -0.2) is 26.7 Å². The predicted octanol–water partition coefficient (Wildman–Crippen LogP) is 5.28. The molecule has 0 saturated heterocycles. The van der Waals surface area contributed by atoms with Gasteiger partial charge >= 0.3 is 0 Å². The molecule has 0 amide bonds. The normalized spacial score (nSPS) is 46.5. The SMILES string of the molecule is C=C(Cn1cc(C#N)cn1)[C@H]1CC[C@H]2[C@@H]3C[C@@H](F)[C@H]4C[C@](C)(O)CC[C@@H]4[C@H]3CC[C@]12C. The van der Waals surface area contributed by atoms with Crippen molar-refractivity contribution in [3.8, 4) is 6.07 Å². The molecule has 9 atom stereocenters. The van der Waals surface area contributed by atoms with Crippen molar-refractivity contribution in [2.24, 2.45) is 40.9 Å². The molecule has 0 bridgehead atoms. The highest BCUT2D eigenvalue weighted by molar-refractivity contribution is 5.23. The van der Waals surface area contributed by atoms with Crippen molar-refractivity contribution < 1.29 is 9.50 Å². The van der Waals surface area contributed by atoms with Gasteiger partial charge in [-0.1, -0.05) is 19.1 Å². The number of hydrogen-bond acceptors (Lipinski definition) is 3. The first-order valence-corrected chi connectivity index (χ1v) is 12.2. The maximum atomic E-state index is 15.4. The second-order valence-corrected chi connectivity index (χ2v) is 11.6. The summed E-state index contributed by atoms with van der Waals surface area (Å²) in [4.78, 5) is 0. The molecule has 1 aromatic heterocycles. The van der Waals surface area contributed by atoms with Crippen LogP contribution >= 0.6 is 0 Å². The monoisotopic (exact) mass is 425 g/mol. The van der Waals surface area contributed by atoms with Gasteiger partial charge in [0, 0.05) is 6.20 Å². The highest BCUT2D eigenvalue weighted by Crippen LogP contribution is 2.65. The van der Waals surface area contributed by atoms with Gasteiger partial charge in [0.25, 0.3) is 0 Å². The molecule has 1 heterocycles. The summed E-state index contributed by atoms with van der Waals surface area (Å²) < 4.78 is 17.3. The first-order valence-electron chi connectivity index (χ1n) is 12.2. The zero-order valence-electron chi connectivity index (χ0n) is 18.9. The third-order valence-electron chi connectivity index (χ3n) is 9.87. The standard InChI is InChI=1S/C26H36FN3O/c1-16(14-30-15-17(12-28)13-29-30)22-4-5-23-20-10-24(27)21-11-25(2,31)8-6-19(21)18(20)7-9-26(22,23)3/h13,15,18-24,31H,1,4-11,14H2,2-3H3/t18-,19-,20-,21+,22-,23+,24-,25-,26-/m1/s1. The largest absolute Gasteiger partial charge is 0.390 e. The summed E-state index contributed by atoms with van der Waals surface area (Å²) in [6.45, 7) is 9.45. The van der Waals surface area contributed by atoms with Crippen LogP contribution in [0.3, 0.4) is 0 Å². The first-order chi connectivity index (χ1) is 14.7. The zero-order valence-corrected chi connectivity index (χ0v) is 18.9. The van der Waals surface area contributed by atoms with Gasteiger partial charge in [-0.15, -0.1) is 0 Å². The number of nitriles is 1. The first kappa shape index (κ1) is 21.2. The van der Waals surface area contributed by atoms with E-state index in [2.05, 4.69) is 24.7 Å². The maximum Gasteiger partial charge on any atom is 0.104 e. The number of fused-ring (bicyclic) bond motifs is 5. The van der Waals surface area contributed by atoms with Crippen LogP contribution in [-0.2, 0) is 6.54 Å². The van der Waals surface area contributed by atoms with Gasteiger partial charge in [-0.3, -0.25) is 4.68 Å². The number of allylic oxidation sites excluding steroid dienone is 1. The van der Waals surface area contributed by atoms with Crippen molar-refractivity contribution in [3.63, 3.8) is 0 Å². The highest BCUT2D eigenvalue weighted by Gasteiger charge is 2.59. The lowest BCUT2D eigenvalue weighted by Crippen LogP contribution is -2.54. The molecule has 31 heavy (non-hydrogen) atoms. The number of aliphatic hydroxyl groups is 1. The fourth-order valence-corrected chi connectivity index (χ4v) is 8.50. The van der Waals surface area contributed by atoms with Gasteiger partial charge in [0.1, 0.15) is 12.2 Å². The average Bonchev–Trinajstić information content (AvgIpc) is 3.31. The molecule has 5 heteroatoms. The molecule has 5 rings (SSSR count). The van der Waals surface area contributed by atoms with E-state index in [4.69, 9.17) is 5.26 Å². The minimum absolute atomic E-state index is 0.0515. The molecule has 0 aliphatic heterocycles. The Morgan fingerprint density at radius 3 is 2.71 bits per heavy atom. The fourth-order valence-electron chi connectivity index (χ4n) is 8.50. The average molecular weight is 426 g/mol. The Kier molecular flexibility index (Phi) is 5.09. The number of alkyl halides is 1. The molecule has 4 fully saturated rings. The molecule has 1 aromatic rings. The predicted molar refractivity (Wildman–Crippen MR) is 118 cm³/mol. The van der Waals surface area contributed by atoms with Crippen molar-refractivity contribution in [3.05, 3.63) is 30.1 Å². The Hall–Kier alpha value is -1.67. The molecular formula is C26H36FN3O. The topological polar surface area (TPSA) is 61.8 Å².